The fraction of sp³-hybridized carbons (Fsp3) is 0.535. The summed E-state index contributed by atoms with van der Waals surface area (Å²) in [6, 6.07) is 11.7. The molecule has 2 unspecified atom stereocenters. The van der Waals surface area contributed by atoms with Crippen molar-refractivity contribution in [3.8, 4) is 17.0 Å². The second-order valence-corrected chi connectivity index (χ2v) is 17.8. The number of halogens is 1. The summed E-state index contributed by atoms with van der Waals surface area (Å²) in [6.07, 6.45) is 3.44. The molecule has 4 saturated heterocycles. The van der Waals surface area contributed by atoms with Gasteiger partial charge in [-0.15, -0.1) is 10.2 Å². The standard InChI is InChI=1S/C43H53FN10O5/c1-4-43-24-45-38-35(21-33(47-48-38)30-6-5-7-32(44)37(30)56)53(43)19-17-51(26-43)41(59)54-18-16-49(25-42(54,2)3)22-27-12-14-50(15-13-27)29-9-8-28-23-52(40(58)31(28)20-29)34-10-11-36(55)46-39(34)57/h5-9,20-21,27,34,56H,4,10-19,22-26H2,1-3H3,(H,45,48)(H,46,55,57). The molecular formula is C43H53FN10O5. The summed E-state index contributed by atoms with van der Waals surface area (Å²) < 4.78 is 14.2. The molecule has 0 spiro atoms. The molecule has 15 nitrogen and oxygen atoms in total. The number of hydrogen-bond acceptors (Lipinski definition) is 11. The van der Waals surface area contributed by atoms with E-state index in [2.05, 4.69) is 67.3 Å². The normalized spacial score (nSPS) is 24.7. The van der Waals surface area contributed by atoms with Gasteiger partial charge in [0, 0.05) is 95.2 Å². The fourth-order valence-electron chi connectivity index (χ4n) is 10.3. The minimum atomic E-state index is -0.712. The van der Waals surface area contributed by atoms with Crippen LogP contribution < -0.4 is 20.4 Å². The summed E-state index contributed by atoms with van der Waals surface area (Å²) >= 11 is 0. The van der Waals surface area contributed by atoms with Gasteiger partial charge in [0.2, 0.25) is 11.8 Å². The van der Waals surface area contributed by atoms with E-state index in [4.69, 9.17) is 0 Å². The Hall–Kier alpha value is -5.51. The number of fused-ring (bicyclic) bond motifs is 4. The van der Waals surface area contributed by atoms with Crippen molar-refractivity contribution in [2.45, 2.75) is 76.5 Å². The predicted octanol–water partition coefficient (Wildman–Crippen LogP) is 3.88. The zero-order valence-corrected chi connectivity index (χ0v) is 34.0. The molecule has 7 heterocycles. The SMILES string of the molecule is CCC12CNc3nnc(-c4cccc(F)c4O)cc3N1CCN(C(=O)N1CCN(CC3CCN(c4ccc5c(c4)C(=O)N(C4CCC(=O)NC4=O)C5)CC3)CC1(C)C)C2. The Morgan fingerprint density at radius 1 is 0.949 bits per heavy atom. The van der Waals surface area contributed by atoms with Crippen LogP contribution in [0.1, 0.15) is 68.8 Å². The third-order valence-electron chi connectivity index (χ3n) is 13.7. The molecule has 6 aliphatic rings. The quantitative estimate of drug-likeness (QED) is 0.311. The van der Waals surface area contributed by atoms with Crippen LogP contribution in [0.3, 0.4) is 0 Å². The minimum absolute atomic E-state index is 0.0625. The van der Waals surface area contributed by atoms with Gasteiger partial charge in [-0.25, -0.2) is 9.18 Å². The van der Waals surface area contributed by atoms with Crippen LogP contribution in [0.25, 0.3) is 11.3 Å². The maximum Gasteiger partial charge on any atom is 0.320 e. The Bertz CT molecular complexity index is 2200. The number of urea groups is 1. The number of piperazine rings is 2. The molecule has 9 rings (SSSR count). The van der Waals surface area contributed by atoms with Crippen molar-refractivity contribution >= 4 is 40.9 Å². The lowest BCUT2D eigenvalue weighted by Gasteiger charge is -2.56. The molecule has 59 heavy (non-hydrogen) atoms. The number of phenolic OH excluding ortho intramolecular Hbond substituents is 1. The average Bonchev–Trinajstić information content (AvgIpc) is 3.55. The van der Waals surface area contributed by atoms with E-state index >= 15 is 0 Å². The number of hydrogen-bond donors (Lipinski definition) is 3. The molecule has 3 aromatic rings. The topological polar surface area (TPSA) is 158 Å². The Balaban J connectivity index is 0.792. The first-order chi connectivity index (χ1) is 28.3. The van der Waals surface area contributed by atoms with Gasteiger partial charge in [-0.1, -0.05) is 19.1 Å². The molecule has 0 radical (unpaired) electrons. The molecule has 6 aliphatic heterocycles. The van der Waals surface area contributed by atoms with Gasteiger partial charge in [-0.3, -0.25) is 24.6 Å². The van der Waals surface area contributed by atoms with Crippen molar-refractivity contribution in [1.82, 2.24) is 35.1 Å². The fourth-order valence-corrected chi connectivity index (χ4v) is 10.3. The molecule has 2 atom stereocenters. The van der Waals surface area contributed by atoms with E-state index in [-0.39, 0.29) is 40.9 Å². The van der Waals surface area contributed by atoms with Crippen LogP contribution in [0.2, 0.25) is 0 Å². The first-order valence-electron chi connectivity index (χ1n) is 21.0. The van der Waals surface area contributed by atoms with Gasteiger partial charge in [0.1, 0.15) is 6.04 Å². The van der Waals surface area contributed by atoms with E-state index < -0.39 is 23.5 Å². The highest BCUT2D eigenvalue weighted by Crippen LogP contribution is 2.42. The summed E-state index contributed by atoms with van der Waals surface area (Å²) in [4.78, 5) is 64.8. The Morgan fingerprint density at radius 3 is 2.53 bits per heavy atom. The van der Waals surface area contributed by atoms with Gasteiger partial charge in [-0.05, 0) is 81.3 Å². The predicted molar refractivity (Wildman–Crippen MR) is 220 cm³/mol. The van der Waals surface area contributed by atoms with Gasteiger partial charge in [0.25, 0.3) is 5.91 Å². The number of nitrogens with one attached hydrogen (secondary N) is 2. The number of aromatic hydroxyl groups is 1. The van der Waals surface area contributed by atoms with Crippen LogP contribution in [0.4, 0.5) is 26.4 Å². The molecule has 16 heteroatoms. The number of imide groups is 1. The summed E-state index contributed by atoms with van der Waals surface area (Å²) in [6.45, 7) is 14.2. The highest BCUT2D eigenvalue weighted by atomic mass is 19.1. The molecule has 5 amide bonds. The van der Waals surface area contributed by atoms with E-state index in [9.17, 15) is 28.7 Å². The van der Waals surface area contributed by atoms with Crippen LogP contribution in [0.5, 0.6) is 5.75 Å². The number of carbonyl (C=O) groups excluding carboxylic acids is 4. The largest absolute Gasteiger partial charge is 0.504 e. The Morgan fingerprint density at radius 2 is 1.76 bits per heavy atom. The summed E-state index contributed by atoms with van der Waals surface area (Å²) in [5.41, 5.74) is 3.34. The van der Waals surface area contributed by atoms with Gasteiger partial charge in [0.15, 0.2) is 17.4 Å². The summed E-state index contributed by atoms with van der Waals surface area (Å²) in [7, 11) is 0. The summed E-state index contributed by atoms with van der Waals surface area (Å²) in [5.74, 6) is -0.835. The summed E-state index contributed by atoms with van der Waals surface area (Å²) in [5, 5.41) is 24.9. The number of benzene rings is 2. The third kappa shape index (κ3) is 6.98. The monoisotopic (exact) mass is 808 g/mol. The molecule has 1 aromatic heterocycles. The molecule has 0 aliphatic carbocycles. The van der Waals surface area contributed by atoms with Gasteiger partial charge >= 0.3 is 6.03 Å². The van der Waals surface area contributed by atoms with Crippen molar-refractivity contribution in [3.05, 3.63) is 59.4 Å². The van der Waals surface area contributed by atoms with E-state index in [0.717, 1.165) is 68.9 Å². The van der Waals surface area contributed by atoms with Crippen molar-refractivity contribution < 1.29 is 28.7 Å². The zero-order valence-electron chi connectivity index (χ0n) is 34.0. The number of phenols is 1. The lowest BCUT2D eigenvalue weighted by molar-refractivity contribution is -0.136. The van der Waals surface area contributed by atoms with Crippen LogP contribution in [0.15, 0.2) is 42.5 Å². The van der Waals surface area contributed by atoms with Gasteiger partial charge in [-0.2, -0.15) is 0 Å². The number of anilines is 3. The maximum atomic E-state index is 14.4. The number of para-hydroxylation sites is 1. The first-order valence-corrected chi connectivity index (χ1v) is 21.0. The van der Waals surface area contributed by atoms with Crippen molar-refractivity contribution in [1.29, 1.82) is 0 Å². The lowest BCUT2D eigenvalue weighted by atomic mass is 9.87. The molecular weight excluding hydrogens is 756 g/mol. The number of nitrogens with zero attached hydrogens (tertiary/aromatic N) is 8. The molecule has 0 bridgehead atoms. The average molecular weight is 809 g/mol. The molecule has 0 saturated carbocycles. The van der Waals surface area contributed by atoms with Crippen LogP contribution in [-0.2, 0) is 16.1 Å². The molecule has 312 valence electrons. The first kappa shape index (κ1) is 39.0. The number of amides is 5. The van der Waals surface area contributed by atoms with E-state index in [1.165, 1.54) is 6.07 Å². The van der Waals surface area contributed by atoms with Crippen molar-refractivity contribution in [2.24, 2.45) is 5.92 Å². The molecule has 2 aromatic carbocycles. The lowest BCUT2D eigenvalue weighted by Crippen LogP contribution is -2.71. The smallest absolute Gasteiger partial charge is 0.320 e. The zero-order chi connectivity index (χ0) is 41.2. The van der Waals surface area contributed by atoms with Crippen LogP contribution >= 0.6 is 0 Å². The van der Waals surface area contributed by atoms with Gasteiger partial charge in [0.05, 0.1) is 22.5 Å². The highest BCUT2D eigenvalue weighted by molar-refractivity contribution is 6.05. The maximum absolute atomic E-state index is 14.4. The number of rotatable bonds is 6. The van der Waals surface area contributed by atoms with Crippen molar-refractivity contribution in [2.75, 3.05) is 80.6 Å². The molecule has 3 N–H and O–H groups in total. The minimum Gasteiger partial charge on any atom is -0.504 e. The van der Waals surface area contributed by atoms with Crippen LogP contribution in [-0.4, -0.2) is 141 Å². The van der Waals surface area contributed by atoms with E-state index in [1.807, 2.05) is 23.1 Å². The number of carbonyl (C=O) groups is 4. The van der Waals surface area contributed by atoms with E-state index in [0.29, 0.717) is 68.7 Å². The molecule has 4 fully saturated rings. The van der Waals surface area contributed by atoms with Crippen molar-refractivity contribution in [3.63, 3.8) is 0 Å². The number of aromatic nitrogens is 2. The van der Waals surface area contributed by atoms with Gasteiger partial charge < -0.3 is 34.9 Å². The second-order valence-electron chi connectivity index (χ2n) is 17.8. The Labute approximate surface area is 343 Å². The Kier molecular flexibility index (Phi) is 9.87. The third-order valence-corrected chi connectivity index (χ3v) is 13.7. The highest BCUT2D eigenvalue weighted by Gasteiger charge is 2.48. The van der Waals surface area contributed by atoms with Crippen LogP contribution in [0, 0.1) is 11.7 Å². The number of piperidine rings is 2. The second kappa shape index (κ2) is 14.9. The van der Waals surface area contributed by atoms with E-state index in [1.54, 1.807) is 17.0 Å².